The zero-order chi connectivity index (χ0) is 22.1. The summed E-state index contributed by atoms with van der Waals surface area (Å²) in [4.78, 5) is 25.5. The number of amides is 2. The Labute approximate surface area is 180 Å². The second-order valence-corrected chi connectivity index (χ2v) is 7.46. The minimum absolute atomic E-state index is 0.00817. The summed E-state index contributed by atoms with van der Waals surface area (Å²) in [5.74, 6) is 1.03. The molecule has 8 heteroatoms. The Bertz CT molecular complexity index is 1150. The van der Waals surface area contributed by atoms with E-state index in [0.717, 1.165) is 22.4 Å². The van der Waals surface area contributed by atoms with Crippen LogP contribution in [0, 0.1) is 13.8 Å². The van der Waals surface area contributed by atoms with Gasteiger partial charge in [0.2, 0.25) is 11.8 Å². The lowest BCUT2D eigenvalue weighted by molar-refractivity contribution is -0.125. The minimum Gasteiger partial charge on any atom is -0.497 e. The van der Waals surface area contributed by atoms with E-state index < -0.39 is 6.04 Å². The van der Waals surface area contributed by atoms with Crippen LogP contribution >= 0.6 is 0 Å². The molecule has 3 aromatic rings. The molecule has 4 rings (SSSR count). The molecule has 2 aromatic carbocycles. The molecule has 1 unspecified atom stereocenters. The minimum atomic E-state index is -0.784. The van der Waals surface area contributed by atoms with Crippen molar-refractivity contribution in [2.45, 2.75) is 26.3 Å². The van der Waals surface area contributed by atoms with E-state index in [9.17, 15) is 9.59 Å². The number of carbonyl (C=O) groups excluding carboxylic acids is 2. The zero-order valence-corrected chi connectivity index (χ0v) is 17.9. The lowest BCUT2D eigenvalue weighted by Gasteiger charge is -2.24. The lowest BCUT2D eigenvalue weighted by Crippen LogP contribution is -2.36. The van der Waals surface area contributed by atoms with E-state index in [-0.39, 0.29) is 18.2 Å². The maximum atomic E-state index is 13.2. The first-order chi connectivity index (χ1) is 14.9. The monoisotopic (exact) mass is 420 g/mol. The Morgan fingerprint density at radius 1 is 1.13 bits per heavy atom. The van der Waals surface area contributed by atoms with Crippen LogP contribution in [0.5, 0.6) is 11.5 Å². The number of aryl methyl sites for hydroxylation is 1. The summed E-state index contributed by atoms with van der Waals surface area (Å²) in [6, 6.07) is 12.3. The predicted octanol–water partition coefficient (Wildman–Crippen LogP) is 3.71. The first kappa shape index (κ1) is 20.5. The van der Waals surface area contributed by atoms with Gasteiger partial charge in [-0.1, -0.05) is 29.8 Å². The molecule has 2 heterocycles. The number of aromatic nitrogens is 2. The highest BCUT2D eigenvalue weighted by Gasteiger charge is 2.34. The van der Waals surface area contributed by atoms with Crippen molar-refractivity contribution in [3.05, 3.63) is 53.6 Å². The topological polar surface area (TPSA) is 94.5 Å². The third-order valence-electron chi connectivity index (χ3n) is 5.37. The largest absolute Gasteiger partial charge is 0.497 e. The van der Waals surface area contributed by atoms with Gasteiger partial charge in [0, 0.05) is 17.2 Å². The second kappa shape index (κ2) is 8.14. The number of nitrogens with zero attached hydrogens (tertiary/aromatic N) is 2. The van der Waals surface area contributed by atoms with Crippen LogP contribution in [-0.2, 0) is 9.59 Å². The summed E-state index contributed by atoms with van der Waals surface area (Å²) in [6.07, 6.45) is -0.00817. The number of ether oxygens (including phenoxy) is 2. The summed E-state index contributed by atoms with van der Waals surface area (Å²) in [5.41, 5.74) is 4.11. The molecule has 1 aromatic heterocycles. The molecule has 0 aliphatic carbocycles. The number of carbonyl (C=O) groups is 2. The van der Waals surface area contributed by atoms with Gasteiger partial charge in [-0.15, -0.1) is 0 Å². The standard InChI is InChI=1S/C23H24N4O4/c1-13-5-7-15(8-6-13)21-14(2)22-25-20(28)12-18(27(22)26-21)23(29)24-17-10-9-16(30-3)11-19(17)31-4/h5-11,18H,12H2,1-4H3,(H,24,29)(H,25,28). The molecule has 0 fully saturated rings. The average molecular weight is 420 g/mol. The molecule has 1 atom stereocenters. The fourth-order valence-corrected chi connectivity index (χ4v) is 3.65. The normalized spacial score (nSPS) is 15.1. The Kier molecular flexibility index (Phi) is 5.37. The summed E-state index contributed by atoms with van der Waals surface area (Å²) in [5, 5.41) is 10.4. The average Bonchev–Trinajstić information content (AvgIpc) is 3.10. The fourth-order valence-electron chi connectivity index (χ4n) is 3.65. The molecule has 0 radical (unpaired) electrons. The van der Waals surface area contributed by atoms with Crippen molar-refractivity contribution in [2.24, 2.45) is 0 Å². The second-order valence-electron chi connectivity index (χ2n) is 7.46. The van der Waals surface area contributed by atoms with Gasteiger partial charge in [0.05, 0.1) is 32.0 Å². The van der Waals surface area contributed by atoms with E-state index in [2.05, 4.69) is 15.7 Å². The van der Waals surface area contributed by atoms with Crippen LogP contribution in [0.3, 0.4) is 0 Å². The van der Waals surface area contributed by atoms with E-state index in [1.54, 1.807) is 30.0 Å². The van der Waals surface area contributed by atoms with E-state index in [4.69, 9.17) is 9.47 Å². The van der Waals surface area contributed by atoms with E-state index in [1.165, 1.54) is 7.11 Å². The van der Waals surface area contributed by atoms with Gasteiger partial charge in [0.1, 0.15) is 23.4 Å². The number of hydrogen-bond acceptors (Lipinski definition) is 5. The predicted molar refractivity (Wildman–Crippen MR) is 118 cm³/mol. The lowest BCUT2D eigenvalue weighted by atomic mass is 10.1. The van der Waals surface area contributed by atoms with Gasteiger partial charge in [0.15, 0.2) is 0 Å². The van der Waals surface area contributed by atoms with Gasteiger partial charge in [-0.05, 0) is 26.0 Å². The summed E-state index contributed by atoms with van der Waals surface area (Å²) < 4.78 is 12.2. The van der Waals surface area contributed by atoms with Gasteiger partial charge in [-0.2, -0.15) is 5.10 Å². The van der Waals surface area contributed by atoms with Crippen LogP contribution < -0.4 is 20.1 Å². The van der Waals surface area contributed by atoms with Crippen molar-refractivity contribution in [1.29, 1.82) is 0 Å². The van der Waals surface area contributed by atoms with Crippen LogP contribution in [0.4, 0.5) is 11.5 Å². The van der Waals surface area contributed by atoms with Crippen LogP contribution in [0.15, 0.2) is 42.5 Å². The highest BCUT2D eigenvalue weighted by Crippen LogP contribution is 2.35. The molecule has 8 nitrogen and oxygen atoms in total. The molecule has 0 bridgehead atoms. The molecule has 0 spiro atoms. The third kappa shape index (κ3) is 3.84. The van der Waals surface area contributed by atoms with Crippen molar-refractivity contribution in [3.8, 4) is 22.8 Å². The molecule has 0 saturated carbocycles. The Morgan fingerprint density at radius 2 is 1.87 bits per heavy atom. The molecule has 0 saturated heterocycles. The maximum absolute atomic E-state index is 13.2. The first-order valence-electron chi connectivity index (χ1n) is 9.90. The van der Waals surface area contributed by atoms with Crippen molar-refractivity contribution in [2.75, 3.05) is 24.9 Å². The molecular formula is C23H24N4O4. The van der Waals surface area contributed by atoms with Crippen molar-refractivity contribution >= 4 is 23.3 Å². The molecule has 1 aliphatic rings. The van der Waals surface area contributed by atoms with Crippen molar-refractivity contribution < 1.29 is 19.1 Å². The van der Waals surface area contributed by atoms with Gasteiger partial charge in [-0.3, -0.25) is 9.59 Å². The van der Waals surface area contributed by atoms with E-state index in [0.29, 0.717) is 23.0 Å². The fraction of sp³-hybridized carbons (Fsp3) is 0.261. The number of methoxy groups -OCH3 is 2. The van der Waals surface area contributed by atoms with Crippen LogP contribution in [0.1, 0.15) is 23.6 Å². The molecule has 2 amide bonds. The first-order valence-corrected chi connectivity index (χ1v) is 9.90. The van der Waals surface area contributed by atoms with Crippen molar-refractivity contribution in [1.82, 2.24) is 9.78 Å². The molecule has 1 aliphatic heterocycles. The quantitative estimate of drug-likeness (QED) is 0.656. The maximum Gasteiger partial charge on any atom is 0.249 e. The molecular weight excluding hydrogens is 396 g/mol. The van der Waals surface area contributed by atoms with E-state index in [1.807, 2.05) is 38.1 Å². The van der Waals surface area contributed by atoms with Crippen LogP contribution in [-0.4, -0.2) is 35.8 Å². The number of hydrogen-bond donors (Lipinski definition) is 2. The number of anilines is 2. The van der Waals surface area contributed by atoms with E-state index >= 15 is 0 Å². The molecule has 160 valence electrons. The SMILES string of the molecule is COc1ccc(NC(=O)C2CC(=O)Nc3c(C)c(-c4ccc(C)cc4)nn32)c(OC)c1. The zero-order valence-electron chi connectivity index (χ0n) is 17.9. The Balaban J connectivity index is 1.68. The smallest absolute Gasteiger partial charge is 0.249 e. The summed E-state index contributed by atoms with van der Waals surface area (Å²) in [7, 11) is 3.07. The number of fused-ring (bicyclic) bond motifs is 1. The van der Waals surface area contributed by atoms with Gasteiger partial charge >= 0.3 is 0 Å². The number of benzene rings is 2. The Hall–Kier alpha value is -3.81. The summed E-state index contributed by atoms with van der Waals surface area (Å²) in [6.45, 7) is 3.91. The van der Waals surface area contributed by atoms with Gasteiger partial charge in [0.25, 0.3) is 0 Å². The highest BCUT2D eigenvalue weighted by molar-refractivity contribution is 6.02. The number of nitrogens with one attached hydrogen (secondary N) is 2. The third-order valence-corrected chi connectivity index (χ3v) is 5.37. The Morgan fingerprint density at radius 3 is 2.55 bits per heavy atom. The molecule has 31 heavy (non-hydrogen) atoms. The van der Waals surface area contributed by atoms with Crippen LogP contribution in [0.2, 0.25) is 0 Å². The van der Waals surface area contributed by atoms with Crippen molar-refractivity contribution in [3.63, 3.8) is 0 Å². The van der Waals surface area contributed by atoms with Gasteiger partial charge in [-0.25, -0.2) is 4.68 Å². The highest BCUT2D eigenvalue weighted by atomic mass is 16.5. The van der Waals surface area contributed by atoms with Crippen LogP contribution in [0.25, 0.3) is 11.3 Å². The molecule has 2 N–H and O–H groups in total. The van der Waals surface area contributed by atoms with Gasteiger partial charge < -0.3 is 20.1 Å². The number of rotatable bonds is 5. The summed E-state index contributed by atoms with van der Waals surface area (Å²) >= 11 is 0.